The zero-order chi connectivity index (χ0) is 12.1. The summed E-state index contributed by atoms with van der Waals surface area (Å²) in [6.45, 7) is 3.29. The molecule has 1 aliphatic carbocycles. The van der Waals surface area contributed by atoms with E-state index >= 15 is 0 Å². The van der Waals surface area contributed by atoms with Gasteiger partial charge in [0.25, 0.3) is 5.91 Å². The van der Waals surface area contributed by atoms with E-state index in [0.29, 0.717) is 23.8 Å². The molecule has 0 atom stereocenters. The fourth-order valence-electron chi connectivity index (χ4n) is 1.96. The Balaban J connectivity index is 1.96. The molecule has 0 bridgehead atoms. The van der Waals surface area contributed by atoms with Gasteiger partial charge in [0.05, 0.1) is 12.2 Å². The molecule has 17 heavy (non-hydrogen) atoms. The van der Waals surface area contributed by atoms with Crippen LogP contribution in [0.25, 0.3) is 0 Å². The zero-order valence-corrected chi connectivity index (χ0v) is 10.2. The number of ether oxygens (including phenoxy) is 1. The Morgan fingerprint density at radius 3 is 2.82 bits per heavy atom. The van der Waals surface area contributed by atoms with Crippen molar-refractivity contribution < 1.29 is 9.53 Å². The Morgan fingerprint density at radius 1 is 1.41 bits per heavy atom. The van der Waals surface area contributed by atoms with Crippen molar-refractivity contribution in [1.29, 1.82) is 0 Å². The fourth-order valence-corrected chi connectivity index (χ4v) is 1.96. The summed E-state index contributed by atoms with van der Waals surface area (Å²) in [5.41, 5.74) is 0.633. The molecule has 1 N–H and O–H groups in total. The first-order valence-electron chi connectivity index (χ1n) is 6.31. The summed E-state index contributed by atoms with van der Waals surface area (Å²) in [6.07, 6.45) is 3.79. The van der Waals surface area contributed by atoms with Gasteiger partial charge in [0, 0.05) is 6.54 Å². The van der Waals surface area contributed by atoms with Crippen LogP contribution in [0.5, 0.6) is 5.75 Å². The summed E-state index contributed by atoms with van der Waals surface area (Å²) >= 11 is 0. The number of carbonyl (C=O) groups excluding carboxylic acids is 1. The minimum atomic E-state index is -0.0269. The highest BCUT2D eigenvalue weighted by Crippen LogP contribution is 2.25. The number of benzene rings is 1. The third-order valence-electron chi connectivity index (χ3n) is 3.21. The van der Waals surface area contributed by atoms with Crippen LogP contribution >= 0.6 is 0 Å². The van der Waals surface area contributed by atoms with Gasteiger partial charge >= 0.3 is 0 Å². The second kappa shape index (κ2) is 5.71. The highest BCUT2D eigenvalue weighted by atomic mass is 16.5. The van der Waals surface area contributed by atoms with Crippen molar-refractivity contribution in [2.75, 3.05) is 13.2 Å². The van der Waals surface area contributed by atoms with Gasteiger partial charge in [0.2, 0.25) is 0 Å². The van der Waals surface area contributed by atoms with Crippen LogP contribution in [0, 0.1) is 5.92 Å². The number of nitrogens with one attached hydrogen (secondary N) is 1. The van der Waals surface area contributed by atoms with E-state index in [9.17, 15) is 4.79 Å². The first-order chi connectivity index (χ1) is 8.31. The molecule has 1 aromatic carbocycles. The predicted molar refractivity (Wildman–Crippen MR) is 67.3 cm³/mol. The highest BCUT2D eigenvalue weighted by Gasteiger charge is 2.19. The van der Waals surface area contributed by atoms with Gasteiger partial charge in [0.1, 0.15) is 5.75 Å². The van der Waals surface area contributed by atoms with Gasteiger partial charge in [-0.25, -0.2) is 0 Å². The molecule has 0 radical (unpaired) electrons. The standard InChI is InChI=1S/C14H19NO2/c1-2-17-13-9-4-3-8-12(13)14(16)15-10-11-6-5-7-11/h3-4,8-9,11H,2,5-7,10H2,1H3,(H,15,16). The molecule has 1 aliphatic rings. The third-order valence-corrected chi connectivity index (χ3v) is 3.21. The van der Waals surface area contributed by atoms with Crippen LogP contribution in [0.3, 0.4) is 0 Å². The Kier molecular flexibility index (Phi) is 4.02. The molecule has 0 spiro atoms. The van der Waals surface area contributed by atoms with Crippen LogP contribution in [-0.2, 0) is 0 Å². The second-order valence-corrected chi connectivity index (χ2v) is 4.44. The van der Waals surface area contributed by atoms with Crippen molar-refractivity contribution in [2.24, 2.45) is 5.92 Å². The van der Waals surface area contributed by atoms with Gasteiger partial charge in [-0.2, -0.15) is 0 Å². The Morgan fingerprint density at radius 2 is 2.18 bits per heavy atom. The third kappa shape index (κ3) is 2.99. The van der Waals surface area contributed by atoms with E-state index < -0.39 is 0 Å². The van der Waals surface area contributed by atoms with E-state index in [1.807, 2.05) is 25.1 Å². The van der Waals surface area contributed by atoms with E-state index in [1.165, 1.54) is 19.3 Å². The minimum absolute atomic E-state index is 0.0269. The highest BCUT2D eigenvalue weighted by molar-refractivity contribution is 5.96. The van der Waals surface area contributed by atoms with Gasteiger partial charge in [-0.05, 0) is 37.8 Å². The van der Waals surface area contributed by atoms with Gasteiger partial charge < -0.3 is 10.1 Å². The van der Waals surface area contributed by atoms with Crippen molar-refractivity contribution in [1.82, 2.24) is 5.32 Å². The molecule has 0 aliphatic heterocycles. The maximum atomic E-state index is 12.0. The second-order valence-electron chi connectivity index (χ2n) is 4.44. The number of rotatable bonds is 5. The van der Waals surface area contributed by atoms with Gasteiger partial charge in [0.15, 0.2) is 0 Å². The molecular formula is C14H19NO2. The lowest BCUT2D eigenvalue weighted by atomic mass is 9.85. The van der Waals surface area contributed by atoms with Crippen LogP contribution in [0.15, 0.2) is 24.3 Å². The quantitative estimate of drug-likeness (QED) is 0.849. The van der Waals surface area contributed by atoms with E-state index in [-0.39, 0.29) is 5.91 Å². The summed E-state index contributed by atoms with van der Waals surface area (Å²) in [4.78, 5) is 12.0. The molecular weight excluding hydrogens is 214 g/mol. The Hall–Kier alpha value is -1.51. The van der Waals surface area contributed by atoms with E-state index in [1.54, 1.807) is 6.07 Å². The molecule has 0 saturated heterocycles. The Labute approximate surface area is 102 Å². The molecule has 0 unspecified atom stereocenters. The van der Waals surface area contributed by atoms with Crippen LogP contribution < -0.4 is 10.1 Å². The molecule has 3 heteroatoms. The van der Waals surface area contributed by atoms with Crippen molar-refractivity contribution in [3.05, 3.63) is 29.8 Å². The van der Waals surface area contributed by atoms with Gasteiger partial charge in [-0.3, -0.25) is 4.79 Å². The average Bonchev–Trinajstić information content (AvgIpc) is 2.28. The lowest BCUT2D eigenvalue weighted by Crippen LogP contribution is -2.32. The molecule has 92 valence electrons. The largest absolute Gasteiger partial charge is 0.493 e. The summed E-state index contributed by atoms with van der Waals surface area (Å²) in [5, 5.41) is 2.98. The fraction of sp³-hybridized carbons (Fsp3) is 0.500. The zero-order valence-electron chi connectivity index (χ0n) is 10.2. The van der Waals surface area contributed by atoms with Crippen LogP contribution in [0.2, 0.25) is 0 Å². The SMILES string of the molecule is CCOc1ccccc1C(=O)NCC1CCC1. The first kappa shape index (κ1) is 12.0. The number of amides is 1. The lowest BCUT2D eigenvalue weighted by Gasteiger charge is -2.25. The summed E-state index contributed by atoms with van der Waals surface area (Å²) < 4.78 is 5.44. The molecule has 1 saturated carbocycles. The first-order valence-corrected chi connectivity index (χ1v) is 6.31. The van der Waals surface area contributed by atoms with Gasteiger partial charge in [-0.1, -0.05) is 18.6 Å². The normalized spacial score (nSPS) is 15.1. The maximum absolute atomic E-state index is 12.0. The number of carbonyl (C=O) groups is 1. The summed E-state index contributed by atoms with van der Waals surface area (Å²) in [7, 11) is 0. The van der Waals surface area contributed by atoms with E-state index in [2.05, 4.69) is 5.32 Å². The monoisotopic (exact) mass is 233 g/mol. The van der Waals surface area contributed by atoms with Crippen molar-refractivity contribution in [3.63, 3.8) is 0 Å². The molecule has 1 amide bonds. The predicted octanol–water partition coefficient (Wildman–Crippen LogP) is 2.62. The van der Waals surface area contributed by atoms with Crippen LogP contribution in [0.4, 0.5) is 0 Å². The molecule has 0 aromatic heterocycles. The maximum Gasteiger partial charge on any atom is 0.255 e. The van der Waals surface area contributed by atoms with E-state index in [4.69, 9.17) is 4.74 Å². The van der Waals surface area contributed by atoms with Crippen LogP contribution in [-0.4, -0.2) is 19.1 Å². The lowest BCUT2D eigenvalue weighted by molar-refractivity contribution is 0.0935. The number of hydrogen-bond donors (Lipinski definition) is 1. The topological polar surface area (TPSA) is 38.3 Å². The molecule has 0 heterocycles. The minimum Gasteiger partial charge on any atom is -0.493 e. The summed E-state index contributed by atoms with van der Waals surface area (Å²) in [6, 6.07) is 7.39. The average molecular weight is 233 g/mol. The Bertz CT molecular complexity index is 386. The number of hydrogen-bond acceptors (Lipinski definition) is 2. The molecule has 1 fully saturated rings. The van der Waals surface area contributed by atoms with E-state index in [0.717, 1.165) is 6.54 Å². The smallest absolute Gasteiger partial charge is 0.255 e. The molecule has 3 nitrogen and oxygen atoms in total. The summed E-state index contributed by atoms with van der Waals surface area (Å²) in [5.74, 6) is 1.32. The van der Waals surface area contributed by atoms with Crippen LogP contribution in [0.1, 0.15) is 36.5 Å². The van der Waals surface area contributed by atoms with Crippen molar-refractivity contribution >= 4 is 5.91 Å². The van der Waals surface area contributed by atoms with Crippen molar-refractivity contribution in [3.8, 4) is 5.75 Å². The van der Waals surface area contributed by atoms with Crippen molar-refractivity contribution in [2.45, 2.75) is 26.2 Å². The van der Waals surface area contributed by atoms with Gasteiger partial charge in [-0.15, -0.1) is 0 Å². The molecule has 2 rings (SSSR count). The number of para-hydroxylation sites is 1. The molecule has 1 aromatic rings.